The van der Waals surface area contributed by atoms with E-state index in [1.807, 2.05) is 5.32 Å². The Hall–Kier alpha value is 0.745. The molecule has 0 fully saturated rings. The molecule has 0 bridgehead atoms. The molecule has 0 saturated carbocycles. The van der Waals surface area contributed by atoms with Crippen molar-refractivity contribution in [3.05, 3.63) is 0 Å². The molecule has 0 aliphatic carbocycles. The van der Waals surface area contributed by atoms with Crippen molar-refractivity contribution in [3.8, 4) is 0 Å². The van der Waals surface area contributed by atoms with Crippen LogP contribution in [-0.4, -0.2) is 17.9 Å². The number of carbonyl (C=O) groups is 2. The summed E-state index contributed by atoms with van der Waals surface area (Å²) in [5.41, 5.74) is 0. The Bertz CT molecular complexity index is 149. The van der Waals surface area contributed by atoms with E-state index in [9.17, 15) is 14.7 Å². The van der Waals surface area contributed by atoms with Crippen molar-refractivity contribution in [2.45, 2.75) is 26.3 Å². The molecule has 0 saturated heterocycles. The van der Waals surface area contributed by atoms with Gasteiger partial charge in [-0.3, -0.25) is 4.79 Å². The molecule has 0 heterocycles. The molecular formula is C6H10NO3Rb. The molecule has 58 valence electrons. The van der Waals surface area contributed by atoms with Crippen LogP contribution in [0, 0.1) is 0 Å². The summed E-state index contributed by atoms with van der Waals surface area (Å²) in [6, 6.07) is -0.606. The summed E-state index contributed by atoms with van der Waals surface area (Å²) in [6.45, 7) is 3.06. The zero-order valence-corrected chi connectivity index (χ0v) is 11.9. The number of carbonyl (C=O) groups excluding carboxylic acids is 2. The van der Waals surface area contributed by atoms with Gasteiger partial charge in [0.25, 0.3) is 0 Å². The number of hydrogen-bond acceptors (Lipinski definition) is 3. The molecule has 1 N–H and O–H groups in total. The summed E-state index contributed by atoms with van der Waals surface area (Å²) in [4.78, 5) is 20.5. The Kier molecular flexibility index (Phi) is 9.60. The molecule has 1 unspecified atom stereocenters. The van der Waals surface area contributed by atoms with Gasteiger partial charge in [0, 0.05) is 0 Å². The van der Waals surface area contributed by atoms with Gasteiger partial charge in [-0.2, -0.15) is 0 Å². The van der Waals surface area contributed by atoms with Crippen LogP contribution >= 0.6 is 0 Å². The molecule has 11 heavy (non-hydrogen) atoms. The molecule has 0 aliphatic rings. The van der Waals surface area contributed by atoms with Crippen LogP contribution in [0.2, 0.25) is 0 Å². The van der Waals surface area contributed by atoms with Gasteiger partial charge >= 0.3 is 58.2 Å². The van der Waals surface area contributed by atoms with E-state index in [1.54, 1.807) is 6.92 Å². The van der Waals surface area contributed by atoms with Crippen LogP contribution in [0.5, 0.6) is 0 Å². The third-order valence-corrected chi connectivity index (χ3v) is 1.19. The van der Waals surface area contributed by atoms with Crippen molar-refractivity contribution in [3.63, 3.8) is 0 Å². The van der Waals surface area contributed by atoms with Crippen LogP contribution in [0.4, 0.5) is 4.79 Å². The van der Waals surface area contributed by atoms with Gasteiger partial charge in [0.15, 0.2) is 5.78 Å². The molecule has 0 rings (SSSR count). The predicted molar refractivity (Wildman–Crippen MR) is 33.3 cm³/mol. The smallest absolute Gasteiger partial charge is 0.530 e. The van der Waals surface area contributed by atoms with Crippen molar-refractivity contribution in [1.82, 2.24) is 5.32 Å². The number of rotatable bonds is 3. The summed E-state index contributed by atoms with van der Waals surface area (Å²) in [5, 5.41) is 11.9. The van der Waals surface area contributed by atoms with Gasteiger partial charge in [-0.05, 0) is 13.3 Å². The predicted octanol–water partition coefficient (Wildman–Crippen LogP) is -3.71. The molecule has 1 amide bonds. The first-order valence-corrected chi connectivity index (χ1v) is 3.06. The average molecular weight is 230 g/mol. The molecule has 0 aromatic carbocycles. The quantitative estimate of drug-likeness (QED) is 0.542. The van der Waals surface area contributed by atoms with E-state index in [4.69, 9.17) is 0 Å². The van der Waals surface area contributed by atoms with E-state index in [0.29, 0.717) is 6.42 Å². The van der Waals surface area contributed by atoms with Crippen LogP contribution in [-0.2, 0) is 4.79 Å². The minimum atomic E-state index is -1.40. The second-order valence-electron chi connectivity index (χ2n) is 2.00. The van der Waals surface area contributed by atoms with E-state index in [2.05, 4.69) is 0 Å². The number of hydrogen-bond donors (Lipinski definition) is 1. The van der Waals surface area contributed by atoms with Crippen molar-refractivity contribution in [2.24, 2.45) is 0 Å². The van der Waals surface area contributed by atoms with Crippen molar-refractivity contribution in [1.29, 1.82) is 0 Å². The van der Waals surface area contributed by atoms with Crippen LogP contribution in [0.1, 0.15) is 20.3 Å². The first-order valence-electron chi connectivity index (χ1n) is 3.06. The van der Waals surface area contributed by atoms with E-state index in [-0.39, 0.29) is 64.0 Å². The van der Waals surface area contributed by atoms with E-state index >= 15 is 0 Å². The largest absolute Gasteiger partial charge is 1.00 e. The van der Waals surface area contributed by atoms with E-state index in [0.717, 1.165) is 0 Å². The van der Waals surface area contributed by atoms with E-state index < -0.39 is 12.1 Å². The molecule has 0 spiro atoms. The van der Waals surface area contributed by atoms with Gasteiger partial charge in [-0.1, -0.05) is 6.92 Å². The number of amides is 1. The van der Waals surface area contributed by atoms with Gasteiger partial charge in [-0.15, -0.1) is 0 Å². The Morgan fingerprint density at radius 1 is 1.55 bits per heavy atom. The normalized spacial score (nSPS) is 11.1. The zero-order valence-electron chi connectivity index (χ0n) is 7.01. The van der Waals surface area contributed by atoms with Gasteiger partial charge < -0.3 is 15.2 Å². The van der Waals surface area contributed by atoms with Gasteiger partial charge in [0.1, 0.15) is 6.09 Å². The van der Waals surface area contributed by atoms with Crippen molar-refractivity contribution < 1.29 is 72.9 Å². The van der Waals surface area contributed by atoms with E-state index in [1.165, 1.54) is 6.92 Å². The minimum Gasteiger partial charge on any atom is -0.530 e. The minimum absolute atomic E-state index is 0. The molecule has 0 aliphatic heterocycles. The van der Waals surface area contributed by atoms with Crippen LogP contribution < -0.4 is 68.6 Å². The van der Waals surface area contributed by atoms with Crippen molar-refractivity contribution >= 4 is 11.9 Å². The fourth-order valence-electron chi connectivity index (χ4n) is 0.633. The number of ketones is 1. The van der Waals surface area contributed by atoms with Gasteiger partial charge in [0.2, 0.25) is 0 Å². The zero-order chi connectivity index (χ0) is 8.15. The third kappa shape index (κ3) is 7.12. The summed E-state index contributed by atoms with van der Waals surface area (Å²) < 4.78 is 0. The number of Topliss-reactive ketones (excluding diaryl/α,β-unsaturated/α-hetero) is 1. The maximum absolute atomic E-state index is 10.6. The SMILES string of the molecule is CCC(NC(=O)[O-])C(C)=O.[Rb+]. The fourth-order valence-corrected chi connectivity index (χ4v) is 0.633. The molecule has 0 aromatic rings. The molecule has 0 aromatic heterocycles. The van der Waals surface area contributed by atoms with Crippen LogP contribution in [0.15, 0.2) is 0 Å². The fraction of sp³-hybridized carbons (Fsp3) is 0.667. The van der Waals surface area contributed by atoms with Crippen molar-refractivity contribution in [2.75, 3.05) is 0 Å². The monoisotopic (exact) mass is 229 g/mol. The molecule has 1 atom stereocenters. The Morgan fingerprint density at radius 2 is 2.00 bits per heavy atom. The maximum Gasteiger partial charge on any atom is 1.00 e. The summed E-state index contributed by atoms with van der Waals surface area (Å²) >= 11 is 0. The average Bonchev–Trinajstić information content (AvgIpc) is 1.81. The first-order chi connectivity index (χ1) is 4.57. The van der Waals surface area contributed by atoms with Crippen LogP contribution in [0.25, 0.3) is 0 Å². The van der Waals surface area contributed by atoms with Gasteiger partial charge in [-0.25, -0.2) is 0 Å². The van der Waals surface area contributed by atoms with Gasteiger partial charge in [0.05, 0.1) is 6.04 Å². The second kappa shape index (κ2) is 7.40. The molecule has 5 heteroatoms. The number of carboxylic acid groups (broad SMARTS) is 1. The summed E-state index contributed by atoms with van der Waals surface area (Å²) in [7, 11) is 0. The standard InChI is InChI=1S/C6H11NO3.Rb/c1-3-5(4(2)8)7-6(9)10;/h5,7H,3H2,1-2H3,(H,9,10);/q;+1/p-1. The Labute approximate surface area is 115 Å². The maximum atomic E-state index is 10.6. The Balaban J connectivity index is 0. The topological polar surface area (TPSA) is 69.2 Å². The molecule has 0 radical (unpaired) electrons. The molecule has 4 nitrogen and oxygen atoms in total. The second-order valence-corrected chi connectivity index (χ2v) is 2.00. The molecular weight excluding hydrogens is 220 g/mol. The summed E-state index contributed by atoms with van der Waals surface area (Å²) in [6.07, 6.45) is -0.939. The number of nitrogens with one attached hydrogen (secondary N) is 1. The van der Waals surface area contributed by atoms with Crippen LogP contribution in [0.3, 0.4) is 0 Å². The third-order valence-electron chi connectivity index (χ3n) is 1.19. The first kappa shape index (κ1) is 14.3. The Morgan fingerprint density at radius 3 is 2.09 bits per heavy atom. The summed E-state index contributed by atoms with van der Waals surface area (Å²) in [5.74, 6) is -0.188.